The first kappa shape index (κ1) is 16.5. The average molecular weight is 303 g/mol. The molecule has 1 fully saturated rings. The molecule has 0 aromatic heterocycles. The van der Waals surface area contributed by atoms with Gasteiger partial charge in [-0.2, -0.15) is 0 Å². The first-order chi connectivity index (χ1) is 10.5. The number of carbonyl (C=O) groups excluding carboxylic acids is 1. The third kappa shape index (κ3) is 3.67. The number of aliphatic carboxylic acids is 1. The van der Waals surface area contributed by atoms with Crippen LogP contribution in [0.3, 0.4) is 0 Å². The van der Waals surface area contributed by atoms with Crippen molar-refractivity contribution in [3.63, 3.8) is 0 Å². The molecule has 1 aromatic carbocycles. The molecule has 0 radical (unpaired) electrons. The summed E-state index contributed by atoms with van der Waals surface area (Å²) in [5.41, 5.74) is 1.03. The van der Waals surface area contributed by atoms with E-state index in [1.807, 2.05) is 30.3 Å². The van der Waals surface area contributed by atoms with Crippen LogP contribution in [-0.2, 0) is 9.59 Å². The Morgan fingerprint density at radius 2 is 2.00 bits per heavy atom. The number of nitrogens with zero attached hydrogens (tertiary/aromatic N) is 1. The number of hydrogen-bond donors (Lipinski definition) is 1. The van der Waals surface area contributed by atoms with Crippen LogP contribution in [0, 0.1) is 11.8 Å². The number of amides is 1. The summed E-state index contributed by atoms with van der Waals surface area (Å²) < 4.78 is 0. The molecule has 4 heteroatoms. The van der Waals surface area contributed by atoms with E-state index >= 15 is 0 Å². The molecular formula is C18H25NO3. The maximum absolute atomic E-state index is 13.0. The summed E-state index contributed by atoms with van der Waals surface area (Å²) in [6, 6.07) is 9.84. The van der Waals surface area contributed by atoms with Crippen LogP contribution in [0.4, 0.5) is 0 Å². The van der Waals surface area contributed by atoms with Gasteiger partial charge in [-0.25, -0.2) is 0 Å². The Labute approximate surface area is 132 Å². The van der Waals surface area contributed by atoms with Crippen molar-refractivity contribution >= 4 is 11.9 Å². The lowest BCUT2D eigenvalue weighted by Gasteiger charge is -2.35. The summed E-state index contributed by atoms with van der Waals surface area (Å²) >= 11 is 0. The zero-order chi connectivity index (χ0) is 16.1. The highest BCUT2D eigenvalue weighted by Gasteiger charge is 2.34. The predicted octanol–water partition coefficient (Wildman–Crippen LogP) is 3.14. The van der Waals surface area contributed by atoms with Gasteiger partial charge in [0.05, 0.1) is 11.8 Å². The van der Waals surface area contributed by atoms with Crippen LogP contribution in [0.25, 0.3) is 0 Å². The Bertz CT molecular complexity index is 514. The Morgan fingerprint density at radius 3 is 2.59 bits per heavy atom. The number of carboxylic acids is 1. The molecule has 1 saturated heterocycles. The molecule has 3 atom stereocenters. The Kier molecular flexibility index (Phi) is 5.58. The number of rotatable bonds is 5. The van der Waals surface area contributed by atoms with Crippen molar-refractivity contribution in [1.29, 1.82) is 0 Å². The van der Waals surface area contributed by atoms with Gasteiger partial charge in [-0.1, -0.05) is 50.6 Å². The topological polar surface area (TPSA) is 57.6 Å². The predicted molar refractivity (Wildman–Crippen MR) is 85.6 cm³/mol. The smallest absolute Gasteiger partial charge is 0.308 e. The van der Waals surface area contributed by atoms with Crippen LogP contribution < -0.4 is 0 Å². The molecule has 22 heavy (non-hydrogen) atoms. The van der Waals surface area contributed by atoms with Crippen molar-refractivity contribution in [2.24, 2.45) is 11.8 Å². The van der Waals surface area contributed by atoms with Gasteiger partial charge in [-0.15, -0.1) is 0 Å². The molecule has 0 bridgehead atoms. The lowest BCUT2D eigenvalue weighted by Crippen LogP contribution is -2.45. The van der Waals surface area contributed by atoms with E-state index in [1.165, 1.54) is 0 Å². The maximum atomic E-state index is 13.0. The van der Waals surface area contributed by atoms with E-state index in [-0.39, 0.29) is 17.7 Å². The third-order valence-electron chi connectivity index (χ3n) is 4.72. The summed E-state index contributed by atoms with van der Waals surface area (Å²) in [7, 11) is 0. The van der Waals surface area contributed by atoms with Crippen molar-refractivity contribution in [1.82, 2.24) is 4.90 Å². The Hall–Kier alpha value is -1.84. The van der Waals surface area contributed by atoms with E-state index < -0.39 is 11.9 Å². The van der Waals surface area contributed by atoms with E-state index in [9.17, 15) is 14.7 Å². The standard InChI is InChI=1S/C18H25NO3/c1-3-13(2)16(14-8-5-4-6-9-14)17(20)19-11-7-10-15(12-19)18(21)22/h4-6,8-9,13,15-16H,3,7,10-12H2,1-2H3,(H,21,22). The molecule has 1 N–H and O–H groups in total. The number of hydrogen-bond acceptors (Lipinski definition) is 2. The van der Waals surface area contributed by atoms with E-state index in [0.717, 1.165) is 18.4 Å². The third-order valence-corrected chi connectivity index (χ3v) is 4.72. The number of carboxylic acid groups (broad SMARTS) is 1. The van der Waals surface area contributed by atoms with Crippen LogP contribution in [0.2, 0.25) is 0 Å². The monoisotopic (exact) mass is 303 g/mol. The highest BCUT2D eigenvalue weighted by molar-refractivity contribution is 5.85. The summed E-state index contributed by atoms with van der Waals surface area (Å²) in [5.74, 6) is -1.09. The molecule has 3 unspecified atom stereocenters. The van der Waals surface area contributed by atoms with Gasteiger partial charge in [0, 0.05) is 13.1 Å². The van der Waals surface area contributed by atoms with Crippen molar-refractivity contribution in [2.45, 2.75) is 39.0 Å². The minimum Gasteiger partial charge on any atom is -0.481 e. The highest BCUT2D eigenvalue weighted by atomic mass is 16.4. The summed E-state index contributed by atoms with van der Waals surface area (Å²) in [5, 5.41) is 9.21. The van der Waals surface area contributed by atoms with Gasteiger partial charge < -0.3 is 10.0 Å². The zero-order valence-electron chi connectivity index (χ0n) is 13.4. The quantitative estimate of drug-likeness (QED) is 0.909. The van der Waals surface area contributed by atoms with Gasteiger partial charge in [-0.3, -0.25) is 9.59 Å². The minimum atomic E-state index is -0.794. The number of benzene rings is 1. The maximum Gasteiger partial charge on any atom is 0.308 e. The minimum absolute atomic E-state index is 0.0755. The second kappa shape index (κ2) is 7.43. The van der Waals surface area contributed by atoms with Gasteiger partial charge in [-0.05, 0) is 24.3 Å². The summed E-state index contributed by atoms with van der Waals surface area (Å²) in [4.78, 5) is 26.0. The van der Waals surface area contributed by atoms with E-state index in [2.05, 4.69) is 13.8 Å². The normalized spacial score (nSPS) is 21.2. The molecule has 4 nitrogen and oxygen atoms in total. The van der Waals surface area contributed by atoms with Crippen molar-refractivity contribution in [2.75, 3.05) is 13.1 Å². The van der Waals surface area contributed by atoms with Gasteiger partial charge in [0.2, 0.25) is 5.91 Å². The Morgan fingerprint density at radius 1 is 1.32 bits per heavy atom. The zero-order valence-corrected chi connectivity index (χ0v) is 13.4. The summed E-state index contributed by atoms with van der Waals surface area (Å²) in [6.07, 6.45) is 2.35. The van der Waals surface area contributed by atoms with Gasteiger partial charge in [0.1, 0.15) is 0 Å². The van der Waals surface area contributed by atoms with E-state index in [1.54, 1.807) is 4.90 Å². The fourth-order valence-corrected chi connectivity index (χ4v) is 3.19. The molecule has 2 rings (SSSR count). The SMILES string of the molecule is CCC(C)C(C(=O)N1CCCC(C(=O)O)C1)c1ccccc1. The lowest BCUT2D eigenvalue weighted by molar-refractivity contribution is -0.146. The number of carbonyl (C=O) groups is 2. The second-order valence-corrected chi connectivity index (χ2v) is 6.24. The molecule has 0 aliphatic carbocycles. The van der Waals surface area contributed by atoms with Crippen LogP contribution in [0.1, 0.15) is 44.6 Å². The number of piperidine rings is 1. The lowest BCUT2D eigenvalue weighted by atomic mass is 9.83. The second-order valence-electron chi connectivity index (χ2n) is 6.24. The molecule has 0 saturated carbocycles. The molecule has 1 aromatic rings. The summed E-state index contributed by atoms with van der Waals surface area (Å²) in [6.45, 7) is 5.19. The highest BCUT2D eigenvalue weighted by Crippen LogP contribution is 2.30. The van der Waals surface area contributed by atoms with E-state index in [0.29, 0.717) is 19.5 Å². The fourth-order valence-electron chi connectivity index (χ4n) is 3.19. The van der Waals surface area contributed by atoms with Crippen LogP contribution in [0.5, 0.6) is 0 Å². The van der Waals surface area contributed by atoms with E-state index in [4.69, 9.17) is 0 Å². The van der Waals surface area contributed by atoms with Gasteiger partial charge in [0.15, 0.2) is 0 Å². The molecule has 120 valence electrons. The Balaban J connectivity index is 2.20. The first-order valence-electron chi connectivity index (χ1n) is 8.11. The van der Waals surface area contributed by atoms with Crippen molar-refractivity contribution < 1.29 is 14.7 Å². The molecule has 1 heterocycles. The molecule has 1 amide bonds. The van der Waals surface area contributed by atoms with Gasteiger partial charge in [0.25, 0.3) is 0 Å². The molecule has 0 spiro atoms. The first-order valence-corrected chi connectivity index (χ1v) is 8.11. The van der Waals surface area contributed by atoms with Crippen molar-refractivity contribution in [3.05, 3.63) is 35.9 Å². The van der Waals surface area contributed by atoms with Crippen LogP contribution in [-0.4, -0.2) is 35.0 Å². The largest absolute Gasteiger partial charge is 0.481 e. The van der Waals surface area contributed by atoms with Gasteiger partial charge >= 0.3 is 5.97 Å². The van der Waals surface area contributed by atoms with Crippen molar-refractivity contribution in [3.8, 4) is 0 Å². The molecular weight excluding hydrogens is 278 g/mol. The fraction of sp³-hybridized carbons (Fsp3) is 0.556. The molecule has 1 aliphatic heterocycles. The van der Waals surface area contributed by atoms with Crippen LogP contribution >= 0.6 is 0 Å². The number of likely N-dealkylation sites (tertiary alicyclic amines) is 1. The van der Waals surface area contributed by atoms with Crippen LogP contribution in [0.15, 0.2) is 30.3 Å². The average Bonchev–Trinajstić information content (AvgIpc) is 2.55. The molecule has 1 aliphatic rings.